The number of aryl methyl sites for hydroxylation is 1. The van der Waals surface area contributed by atoms with Gasteiger partial charge in [0.15, 0.2) is 6.29 Å². The molecule has 42 heavy (non-hydrogen) atoms. The maximum Gasteiger partial charge on any atom is 0.161 e. The fourth-order valence-corrected chi connectivity index (χ4v) is 7.63. The van der Waals surface area contributed by atoms with Crippen molar-refractivity contribution in [1.82, 2.24) is 0 Å². The van der Waals surface area contributed by atoms with E-state index in [0.717, 1.165) is 57.6 Å². The summed E-state index contributed by atoms with van der Waals surface area (Å²) in [5.74, 6) is 2.04. The second kappa shape index (κ2) is 12.0. The lowest BCUT2D eigenvalue weighted by atomic mass is 9.69. The van der Waals surface area contributed by atoms with Gasteiger partial charge in [0.1, 0.15) is 11.4 Å². The first-order valence-corrected chi connectivity index (χ1v) is 15.7. The summed E-state index contributed by atoms with van der Waals surface area (Å²) in [6.45, 7) is 9.06. The summed E-state index contributed by atoms with van der Waals surface area (Å²) >= 11 is 0. The maximum absolute atomic E-state index is 6.39. The highest BCUT2D eigenvalue weighted by atomic mass is 16.7. The maximum atomic E-state index is 6.39. The third-order valence-corrected chi connectivity index (χ3v) is 9.61. The number of methoxy groups -OCH3 is 2. The molecule has 3 atom stereocenters. The highest BCUT2D eigenvalue weighted by Crippen LogP contribution is 2.48. The van der Waals surface area contributed by atoms with Gasteiger partial charge >= 0.3 is 0 Å². The van der Waals surface area contributed by atoms with Gasteiger partial charge in [0.05, 0.1) is 12.2 Å². The molecule has 1 unspecified atom stereocenters. The molecule has 3 aromatic rings. The Bertz CT molecular complexity index is 1320. The van der Waals surface area contributed by atoms with Crippen LogP contribution in [0, 0.1) is 5.92 Å². The summed E-state index contributed by atoms with van der Waals surface area (Å²) in [6, 6.07) is 27.3. The van der Waals surface area contributed by atoms with Crippen LogP contribution in [0.4, 0.5) is 5.69 Å². The second-order valence-electron chi connectivity index (χ2n) is 13.5. The van der Waals surface area contributed by atoms with E-state index in [4.69, 9.17) is 18.9 Å². The Morgan fingerprint density at radius 3 is 2.26 bits per heavy atom. The average Bonchev–Trinajstić information content (AvgIpc) is 3.40. The van der Waals surface area contributed by atoms with E-state index >= 15 is 0 Å². The number of nitrogens with zero attached hydrogens (tertiary/aromatic N) is 1. The number of benzene rings is 3. The monoisotopic (exact) mass is 569 g/mol. The molecule has 5 heteroatoms. The number of fused-ring (bicyclic) bond motifs is 1. The van der Waals surface area contributed by atoms with Gasteiger partial charge in [-0.25, -0.2) is 0 Å². The standard InChI is InChI=1S/C37H47NO4/c1-36(2,3)42-31-16-18-33-28(23-31)13-17-32(26-9-7-6-8-10-26)34(33)27-11-14-30(15-12-27)38-21-19-37(20-22-38)24-29(25-41-37)35(39-4)40-5/h6-12,14-16,18,23,29,32,34-35H,13,17,19-22,24-25H2,1-5H3/t29?,32-,34+/m1/s1. The van der Waals surface area contributed by atoms with Crippen LogP contribution < -0.4 is 9.64 Å². The van der Waals surface area contributed by atoms with Crippen LogP contribution in [0.15, 0.2) is 72.8 Å². The van der Waals surface area contributed by atoms with Crippen LogP contribution >= 0.6 is 0 Å². The van der Waals surface area contributed by atoms with Crippen LogP contribution in [-0.2, 0) is 20.6 Å². The zero-order chi connectivity index (χ0) is 29.3. The van der Waals surface area contributed by atoms with Crippen molar-refractivity contribution in [1.29, 1.82) is 0 Å². The van der Waals surface area contributed by atoms with Crippen molar-refractivity contribution in [3.8, 4) is 5.75 Å². The molecule has 0 radical (unpaired) electrons. The summed E-state index contributed by atoms with van der Waals surface area (Å²) in [4.78, 5) is 2.52. The van der Waals surface area contributed by atoms with Crippen LogP contribution in [-0.4, -0.2) is 51.4 Å². The first-order valence-electron chi connectivity index (χ1n) is 15.7. The average molecular weight is 570 g/mol. The lowest BCUT2D eigenvalue weighted by molar-refractivity contribution is -0.136. The SMILES string of the molecule is COC(OC)C1COC2(CCN(c3ccc([C@@H]4c5ccc(OC(C)(C)C)cc5CC[C@@H]4c4ccccc4)cc3)CC2)C1. The van der Waals surface area contributed by atoms with Gasteiger partial charge in [-0.2, -0.15) is 0 Å². The Kier molecular flexibility index (Phi) is 8.37. The zero-order valence-corrected chi connectivity index (χ0v) is 26.0. The van der Waals surface area contributed by atoms with E-state index < -0.39 is 0 Å². The highest BCUT2D eigenvalue weighted by Gasteiger charge is 2.45. The first kappa shape index (κ1) is 29.2. The molecule has 2 heterocycles. The topological polar surface area (TPSA) is 40.2 Å². The van der Waals surface area contributed by atoms with Crippen molar-refractivity contribution >= 4 is 5.69 Å². The van der Waals surface area contributed by atoms with Crippen molar-refractivity contribution in [2.45, 2.75) is 82.2 Å². The van der Waals surface area contributed by atoms with Crippen LogP contribution in [0.2, 0.25) is 0 Å². The fraction of sp³-hybridized carbons (Fsp3) is 0.514. The molecular weight excluding hydrogens is 522 g/mol. The van der Waals surface area contributed by atoms with Crippen molar-refractivity contribution in [2.24, 2.45) is 5.92 Å². The predicted molar refractivity (Wildman–Crippen MR) is 169 cm³/mol. The van der Waals surface area contributed by atoms with Crippen LogP contribution in [0.5, 0.6) is 5.75 Å². The van der Waals surface area contributed by atoms with Gasteiger partial charge in [0, 0.05) is 44.8 Å². The molecule has 224 valence electrons. The van der Waals surface area contributed by atoms with E-state index in [9.17, 15) is 0 Å². The quantitative estimate of drug-likeness (QED) is 0.273. The number of piperidine rings is 1. The number of rotatable bonds is 7. The molecule has 6 rings (SSSR count). The molecule has 3 aliphatic rings. The van der Waals surface area contributed by atoms with Crippen LogP contribution in [0.25, 0.3) is 0 Å². The van der Waals surface area contributed by atoms with Crippen LogP contribution in [0.1, 0.15) is 80.5 Å². The smallest absolute Gasteiger partial charge is 0.161 e. The molecule has 1 aliphatic carbocycles. The Morgan fingerprint density at radius 1 is 0.881 bits per heavy atom. The summed E-state index contributed by atoms with van der Waals surface area (Å²) in [7, 11) is 3.44. The van der Waals surface area contributed by atoms with Gasteiger partial charge in [-0.15, -0.1) is 0 Å². The molecule has 0 saturated carbocycles. The largest absolute Gasteiger partial charge is 0.488 e. The second-order valence-corrected chi connectivity index (χ2v) is 13.5. The molecule has 2 fully saturated rings. The van der Waals surface area contributed by atoms with Gasteiger partial charge in [-0.1, -0.05) is 48.5 Å². The summed E-state index contributed by atoms with van der Waals surface area (Å²) in [5.41, 5.74) is 6.71. The lowest BCUT2D eigenvalue weighted by Gasteiger charge is -2.40. The van der Waals surface area contributed by atoms with Gasteiger partial charge in [0.2, 0.25) is 0 Å². The van der Waals surface area contributed by atoms with E-state index in [-0.39, 0.29) is 17.5 Å². The number of hydrogen-bond acceptors (Lipinski definition) is 5. The Labute approximate surface area is 252 Å². The molecular formula is C37H47NO4. The minimum atomic E-state index is -0.208. The minimum Gasteiger partial charge on any atom is -0.488 e. The molecule has 2 aliphatic heterocycles. The molecule has 2 saturated heterocycles. The molecule has 0 N–H and O–H groups in total. The molecule has 1 spiro atoms. The highest BCUT2D eigenvalue weighted by molar-refractivity contribution is 5.53. The van der Waals surface area contributed by atoms with E-state index in [1.165, 1.54) is 27.9 Å². The van der Waals surface area contributed by atoms with Gasteiger partial charge in [0.25, 0.3) is 0 Å². The molecule has 5 nitrogen and oxygen atoms in total. The normalized spacial score (nSPS) is 23.8. The van der Waals surface area contributed by atoms with Crippen molar-refractivity contribution < 1.29 is 18.9 Å². The predicted octanol–water partition coefficient (Wildman–Crippen LogP) is 7.72. The summed E-state index contributed by atoms with van der Waals surface area (Å²) in [6.07, 6.45) is 5.10. The van der Waals surface area contributed by atoms with E-state index in [1.54, 1.807) is 14.2 Å². The Hall–Kier alpha value is -2.86. The van der Waals surface area contributed by atoms with Gasteiger partial charge < -0.3 is 23.8 Å². The van der Waals surface area contributed by atoms with E-state index in [1.807, 2.05) is 0 Å². The number of ether oxygens (including phenoxy) is 4. The van der Waals surface area contributed by atoms with E-state index in [2.05, 4.69) is 98.5 Å². The van der Waals surface area contributed by atoms with E-state index in [0.29, 0.717) is 17.8 Å². The van der Waals surface area contributed by atoms with Crippen molar-refractivity contribution in [3.05, 3.63) is 95.1 Å². The van der Waals surface area contributed by atoms with Crippen molar-refractivity contribution in [3.63, 3.8) is 0 Å². The zero-order valence-electron chi connectivity index (χ0n) is 26.0. The fourth-order valence-electron chi connectivity index (χ4n) is 7.63. The number of hydrogen-bond donors (Lipinski definition) is 0. The lowest BCUT2D eigenvalue weighted by Crippen LogP contribution is -2.44. The summed E-state index contributed by atoms with van der Waals surface area (Å²) in [5, 5.41) is 0. The Morgan fingerprint density at radius 2 is 1.60 bits per heavy atom. The third kappa shape index (κ3) is 6.10. The van der Waals surface area contributed by atoms with Crippen molar-refractivity contribution in [2.75, 3.05) is 38.8 Å². The number of anilines is 1. The third-order valence-electron chi connectivity index (χ3n) is 9.61. The van der Waals surface area contributed by atoms with Gasteiger partial charge in [-0.05, 0) is 105 Å². The molecule has 0 amide bonds. The van der Waals surface area contributed by atoms with Crippen LogP contribution in [0.3, 0.4) is 0 Å². The summed E-state index contributed by atoms with van der Waals surface area (Å²) < 4.78 is 23.7. The first-order chi connectivity index (χ1) is 20.3. The molecule has 0 aromatic heterocycles. The Balaban J connectivity index is 1.21. The van der Waals surface area contributed by atoms with Gasteiger partial charge in [-0.3, -0.25) is 0 Å². The minimum absolute atomic E-state index is 0.0410. The molecule has 0 bridgehead atoms. The molecule has 3 aromatic carbocycles.